The number of hydrogen-bond donors (Lipinski definition) is 1. The fraction of sp³-hybridized carbons (Fsp3) is 0.333. The lowest BCUT2D eigenvalue weighted by Crippen LogP contribution is -2.19. The van der Waals surface area contributed by atoms with Crippen molar-refractivity contribution in [3.63, 3.8) is 0 Å². The van der Waals surface area contributed by atoms with E-state index in [2.05, 4.69) is 6.07 Å². The van der Waals surface area contributed by atoms with Crippen molar-refractivity contribution >= 4 is 0 Å². The summed E-state index contributed by atoms with van der Waals surface area (Å²) in [6.45, 7) is 1.63. The molecule has 0 radical (unpaired) electrons. The molecule has 3 rings (SSSR count). The molecule has 0 aromatic heterocycles. The van der Waals surface area contributed by atoms with Gasteiger partial charge in [-0.2, -0.15) is 0 Å². The lowest BCUT2D eigenvalue weighted by atomic mass is 9.76. The van der Waals surface area contributed by atoms with Crippen molar-refractivity contribution in [1.29, 1.82) is 0 Å². The summed E-state index contributed by atoms with van der Waals surface area (Å²) in [5.74, 6) is -0.582. The van der Waals surface area contributed by atoms with Gasteiger partial charge in [0.05, 0.1) is 6.04 Å². The minimum atomic E-state index is -0.575. The predicted molar refractivity (Wildman–Crippen MR) is 80.2 cm³/mol. The van der Waals surface area contributed by atoms with Crippen LogP contribution in [0.25, 0.3) is 0 Å². The Labute approximate surface area is 123 Å². The van der Waals surface area contributed by atoms with Gasteiger partial charge in [-0.3, -0.25) is 0 Å². The highest BCUT2D eigenvalue weighted by molar-refractivity contribution is 5.41. The molecule has 0 heterocycles. The topological polar surface area (TPSA) is 26.0 Å². The van der Waals surface area contributed by atoms with E-state index in [1.807, 2.05) is 18.2 Å². The second-order valence-corrected chi connectivity index (χ2v) is 5.86. The molecular formula is C18H19F2N. The smallest absolute Gasteiger partial charge is 0.131 e. The summed E-state index contributed by atoms with van der Waals surface area (Å²) in [5, 5.41) is 0. The van der Waals surface area contributed by atoms with Gasteiger partial charge in [-0.15, -0.1) is 0 Å². The van der Waals surface area contributed by atoms with Crippen LogP contribution >= 0.6 is 0 Å². The fourth-order valence-electron chi connectivity index (χ4n) is 2.97. The predicted octanol–water partition coefficient (Wildman–Crippen LogP) is 4.59. The third-order valence-electron chi connectivity index (χ3n) is 4.49. The van der Waals surface area contributed by atoms with Crippen molar-refractivity contribution in [3.05, 3.63) is 70.3 Å². The summed E-state index contributed by atoms with van der Waals surface area (Å²) in [4.78, 5) is 0. The van der Waals surface area contributed by atoms with Crippen LogP contribution in [0.4, 0.5) is 8.78 Å². The standard InChI is InChI=1S/C18H19F2N/c1-11-9-15(17(20)10-16(11)19)18(21)14-8-3-2-7-13(14)12-5-4-6-12/h2-3,7-10,12,18H,4-6,21H2,1H3. The van der Waals surface area contributed by atoms with Gasteiger partial charge in [0, 0.05) is 11.6 Å². The van der Waals surface area contributed by atoms with Crippen LogP contribution in [0.15, 0.2) is 36.4 Å². The number of benzene rings is 2. The zero-order valence-corrected chi connectivity index (χ0v) is 12.1. The number of nitrogens with two attached hydrogens (primary N) is 1. The molecule has 2 aromatic carbocycles. The molecule has 0 spiro atoms. The summed E-state index contributed by atoms with van der Waals surface area (Å²) in [6.07, 6.45) is 3.56. The quantitative estimate of drug-likeness (QED) is 0.878. The molecule has 0 bridgehead atoms. The van der Waals surface area contributed by atoms with Crippen LogP contribution < -0.4 is 5.73 Å². The van der Waals surface area contributed by atoms with E-state index in [4.69, 9.17) is 5.73 Å². The van der Waals surface area contributed by atoms with Crippen LogP contribution in [-0.4, -0.2) is 0 Å². The lowest BCUT2D eigenvalue weighted by Gasteiger charge is -2.29. The summed E-state index contributed by atoms with van der Waals surface area (Å²) in [7, 11) is 0. The molecule has 1 unspecified atom stereocenters. The normalized spacial score (nSPS) is 16.6. The van der Waals surface area contributed by atoms with E-state index in [0.29, 0.717) is 17.0 Å². The van der Waals surface area contributed by atoms with Gasteiger partial charge in [-0.1, -0.05) is 30.7 Å². The molecule has 2 aromatic rings. The highest BCUT2D eigenvalue weighted by Gasteiger charge is 2.25. The van der Waals surface area contributed by atoms with Gasteiger partial charge in [0.25, 0.3) is 0 Å². The van der Waals surface area contributed by atoms with Crippen LogP contribution in [0.5, 0.6) is 0 Å². The van der Waals surface area contributed by atoms with Crippen LogP contribution in [-0.2, 0) is 0 Å². The second-order valence-electron chi connectivity index (χ2n) is 5.86. The highest BCUT2D eigenvalue weighted by atomic mass is 19.1. The molecule has 110 valence electrons. The van der Waals surface area contributed by atoms with E-state index in [9.17, 15) is 8.78 Å². The molecule has 1 nitrogen and oxygen atoms in total. The van der Waals surface area contributed by atoms with Crippen LogP contribution in [0, 0.1) is 18.6 Å². The average molecular weight is 287 g/mol. The average Bonchev–Trinajstić information content (AvgIpc) is 2.41. The van der Waals surface area contributed by atoms with Gasteiger partial charge in [0.15, 0.2) is 0 Å². The Morgan fingerprint density at radius 3 is 2.43 bits per heavy atom. The molecule has 0 aliphatic heterocycles. The minimum absolute atomic E-state index is 0.362. The van der Waals surface area contributed by atoms with Gasteiger partial charge in [-0.05, 0) is 48.4 Å². The molecule has 0 amide bonds. The summed E-state index contributed by atoms with van der Waals surface area (Å²) < 4.78 is 27.5. The molecule has 1 atom stereocenters. The van der Waals surface area contributed by atoms with Crippen LogP contribution in [0.3, 0.4) is 0 Å². The van der Waals surface area contributed by atoms with Crippen molar-refractivity contribution in [2.24, 2.45) is 5.73 Å². The third-order valence-corrected chi connectivity index (χ3v) is 4.49. The van der Waals surface area contributed by atoms with Crippen LogP contribution in [0.2, 0.25) is 0 Å². The van der Waals surface area contributed by atoms with E-state index in [0.717, 1.165) is 24.5 Å². The largest absolute Gasteiger partial charge is 0.320 e. The SMILES string of the molecule is Cc1cc(C(N)c2ccccc2C2CCC2)c(F)cc1F. The van der Waals surface area contributed by atoms with Crippen molar-refractivity contribution in [1.82, 2.24) is 0 Å². The molecule has 0 saturated heterocycles. The number of halogens is 2. The Morgan fingerprint density at radius 2 is 1.76 bits per heavy atom. The zero-order chi connectivity index (χ0) is 15.0. The molecule has 1 aliphatic rings. The summed E-state index contributed by atoms with van der Waals surface area (Å²) in [5.41, 5.74) is 9.23. The maximum atomic E-state index is 14.1. The first-order valence-corrected chi connectivity index (χ1v) is 7.38. The second kappa shape index (κ2) is 5.57. The first-order valence-electron chi connectivity index (χ1n) is 7.38. The van der Waals surface area contributed by atoms with E-state index in [-0.39, 0.29) is 0 Å². The summed E-state index contributed by atoms with van der Waals surface area (Å²) in [6, 6.07) is 9.84. The molecular weight excluding hydrogens is 268 g/mol. The van der Waals surface area contributed by atoms with E-state index in [1.54, 1.807) is 6.92 Å². The third kappa shape index (κ3) is 2.58. The van der Waals surface area contributed by atoms with E-state index < -0.39 is 17.7 Å². The fourth-order valence-corrected chi connectivity index (χ4v) is 2.97. The van der Waals surface area contributed by atoms with Gasteiger partial charge in [-0.25, -0.2) is 8.78 Å². The van der Waals surface area contributed by atoms with E-state index >= 15 is 0 Å². The molecule has 3 heteroatoms. The number of hydrogen-bond acceptors (Lipinski definition) is 1. The first kappa shape index (κ1) is 14.2. The number of aryl methyl sites for hydroxylation is 1. The van der Waals surface area contributed by atoms with Crippen molar-refractivity contribution in [2.75, 3.05) is 0 Å². The van der Waals surface area contributed by atoms with Crippen molar-refractivity contribution in [3.8, 4) is 0 Å². The maximum absolute atomic E-state index is 14.1. The maximum Gasteiger partial charge on any atom is 0.131 e. The lowest BCUT2D eigenvalue weighted by molar-refractivity contribution is 0.416. The molecule has 1 saturated carbocycles. The van der Waals surface area contributed by atoms with Gasteiger partial charge < -0.3 is 5.73 Å². The first-order chi connectivity index (χ1) is 10.1. The summed E-state index contributed by atoms with van der Waals surface area (Å²) >= 11 is 0. The van der Waals surface area contributed by atoms with Crippen molar-refractivity contribution < 1.29 is 8.78 Å². The van der Waals surface area contributed by atoms with E-state index in [1.165, 1.54) is 18.1 Å². The Bertz CT molecular complexity index is 662. The van der Waals surface area contributed by atoms with Gasteiger partial charge in [0.2, 0.25) is 0 Å². The van der Waals surface area contributed by atoms with Gasteiger partial charge in [0.1, 0.15) is 11.6 Å². The Morgan fingerprint density at radius 1 is 1.05 bits per heavy atom. The zero-order valence-electron chi connectivity index (χ0n) is 12.1. The molecule has 1 fully saturated rings. The van der Waals surface area contributed by atoms with Crippen molar-refractivity contribution in [2.45, 2.75) is 38.1 Å². The minimum Gasteiger partial charge on any atom is -0.320 e. The Kier molecular flexibility index (Phi) is 3.77. The monoisotopic (exact) mass is 287 g/mol. The Balaban J connectivity index is 2.02. The number of rotatable bonds is 3. The Hall–Kier alpha value is -1.74. The molecule has 21 heavy (non-hydrogen) atoms. The highest BCUT2D eigenvalue weighted by Crippen LogP contribution is 2.40. The van der Waals surface area contributed by atoms with Gasteiger partial charge >= 0.3 is 0 Å². The van der Waals surface area contributed by atoms with Crippen LogP contribution in [0.1, 0.15) is 53.5 Å². The molecule has 1 aliphatic carbocycles. The molecule has 2 N–H and O–H groups in total.